The molecule has 5 aliphatic rings. The highest BCUT2D eigenvalue weighted by Crippen LogP contribution is 2.72. The number of hydrogen-bond donors (Lipinski definition) is 0. The number of fused-ring (bicyclic) bond motifs is 3. The van der Waals surface area contributed by atoms with E-state index in [1.54, 1.807) is 0 Å². The van der Waals surface area contributed by atoms with Crippen molar-refractivity contribution in [2.75, 3.05) is 6.61 Å². The van der Waals surface area contributed by atoms with Gasteiger partial charge in [-0.15, -0.1) is 0 Å². The largest absolute Gasteiger partial charge is 0.494 e. The minimum Gasteiger partial charge on any atom is -0.494 e. The van der Waals surface area contributed by atoms with E-state index in [-0.39, 0.29) is 29.1 Å². The monoisotopic (exact) mass is 470 g/mol. The molecule has 5 heteroatoms. The van der Waals surface area contributed by atoms with E-state index >= 15 is 0 Å². The van der Waals surface area contributed by atoms with Crippen LogP contribution in [0.25, 0.3) is 0 Å². The first-order valence-electron chi connectivity index (χ1n) is 13.6. The van der Waals surface area contributed by atoms with E-state index in [1.807, 2.05) is 19.3 Å². The summed E-state index contributed by atoms with van der Waals surface area (Å²) in [6, 6.07) is 0. The Balaban J connectivity index is 1.35. The highest BCUT2D eigenvalue weighted by atomic mass is 16.5. The van der Waals surface area contributed by atoms with Crippen molar-refractivity contribution in [1.82, 2.24) is 0 Å². The Morgan fingerprint density at radius 2 is 1.91 bits per heavy atom. The van der Waals surface area contributed by atoms with Gasteiger partial charge in [0.05, 0.1) is 19.3 Å². The Hall–Kier alpha value is -1.78. The summed E-state index contributed by atoms with van der Waals surface area (Å²) in [5.41, 5.74) is 1.67. The molecule has 8 atom stereocenters. The van der Waals surface area contributed by atoms with Crippen molar-refractivity contribution < 1.29 is 23.8 Å². The topological polar surface area (TPSA) is 61.8 Å². The minimum atomic E-state index is -0.169. The number of hydrogen-bond acceptors (Lipinski definition) is 5. The van der Waals surface area contributed by atoms with Gasteiger partial charge in [0.25, 0.3) is 0 Å². The average molecular weight is 471 g/mol. The van der Waals surface area contributed by atoms with Gasteiger partial charge in [0.15, 0.2) is 0 Å². The van der Waals surface area contributed by atoms with E-state index in [0.717, 1.165) is 25.7 Å². The van der Waals surface area contributed by atoms with Crippen LogP contribution in [0.5, 0.6) is 0 Å². The van der Waals surface area contributed by atoms with Gasteiger partial charge >= 0.3 is 11.9 Å². The molecule has 4 fully saturated rings. The zero-order valence-electron chi connectivity index (χ0n) is 21.4. The van der Waals surface area contributed by atoms with Gasteiger partial charge in [-0.1, -0.05) is 26.0 Å². The SMILES string of the molecule is CCOC(=O)C/C=C/C1=CO[C@]23CCC1[C@@]2(C)CC[C@H]1[C@H]3CC[C@@H]2C[C@@H](OC(C)=O)CC[C@@]21C. The number of esters is 2. The lowest BCUT2D eigenvalue weighted by Gasteiger charge is -2.65. The Bertz CT molecular complexity index is 891. The van der Waals surface area contributed by atoms with Crippen LogP contribution >= 0.6 is 0 Å². The summed E-state index contributed by atoms with van der Waals surface area (Å²) in [5.74, 6) is 2.13. The number of rotatable bonds is 5. The molecule has 1 aliphatic heterocycles. The molecule has 1 heterocycles. The molecule has 0 spiro atoms. The Morgan fingerprint density at radius 3 is 2.68 bits per heavy atom. The van der Waals surface area contributed by atoms with Crippen molar-refractivity contribution in [3.05, 3.63) is 24.0 Å². The van der Waals surface area contributed by atoms with Crippen LogP contribution in [0.3, 0.4) is 0 Å². The maximum atomic E-state index is 11.8. The zero-order chi connectivity index (χ0) is 24.1. The van der Waals surface area contributed by atoms with Gasteiger partial charge in [0.1, 0.15) is 11.7 Å². The second-order valence-electron chi connectivity index (χ2n) is 12.1. The molecule has 0 amide bonds. The molecule has 0 aromatic heterocycles. The molecule has 0 saturated heterocycles. The molecular weight excluding hydrogens is 428 g/mol. The van der Waals surface area contributed by atoms with Crippen LogP contribution in [-0.2, 0) is 23.8 Å². The summed E-state index contributed by atoms with van der Waals surface area (Å²) in [6.45, 7) is 8.82. The fourth-order valence-corrected chi connectivity index (χ4v) is 9.23. The van der Waals surface area contributed by atoms with Gasteiger partial charge in [-0.25, -0.2) is 0 Å². The molecule has 4 aliphatic carbocycles. The van der Waals surface area contributed by atoms with Gasteiger partial charge in [0, 0.05) is 18.3 Å². The highest BCUT2D eigenvalue weighted by molar-refractivity contribution is 5.71. The summed E-state index contributed by atoms with van der Waals surface area (Å²) in [5, 5.41) is 0. The van der Waals surface area contributed by atoms with Crippen LogP contribution in [0.4, 0.5) is 0 Å². The van der Waals surface area contributed by atoms with Crippen molar-refractivity contribution in [2.24, 2.45) is 34.5 Å². The van der Waals surface area contributed by atoms with Crippen LogP contribution in [0.15, 0.2) is 24.0 Å². The molecule has 5 nitrogen and oxygen atoms in total. The summed E-state index contributed by atoms with van der Waals surface area (Å²) in [6.07, 6.45) is 16.9. The normalized spacial score (nSPS) is 44.8. The van der Waals surface area contributed by atoms with Crippen molar-refractivity contribution in [3.8, 4) is 0 Å². The number of ether oxygens (including phenoxy) is 3. The lowest BCUT2D eigenvalue weighted by atomic mass is 9.43. The fourth-order valence-electron chi connectivity index (χ4n) is 9.23. The van der Waals surface area contributed by atoms with Crippen LogP contribution in [-0.4, -0.2) is 30.3 Å². The first-order valence-corrected chi connectivity index (χ1v) is 13.6. The van der Waals surface area contributed by atoms with Gasteiger partial charge in [0.2, 0.25) is 0 Å². The first kappa shape index (κ1) is 23.9. The molecule has 34 heavy (non-hydrogen) atoms. The first-order chi connectivity index (χ1) is 16.2. The maximum absolute atomic E-state index is 11.8. The van der Waals surface area contributed by atoms with E-state index in [2.05, 4.69) is 19.9 Å². The Morgan fingerprint density at radius 1 is 1.09 bits per heavy atom. The van der Waals surface area contributed by atoms with Crippen LogP contribution < -0.4 is 0 Å². The molecule has 0 N–H and O–H groups in total. The zero-order valence-corrected chi connectivity index (χ0v) is 21.4. The third-order valence-electron chi connectivity index (χ3n) is 10.8. The Labute approximate surface area is 204 Å². The minimum absolute atomic E-state index is 0.0558. The predicted octanol–water partition coefficient (Wildman–Crippen LogP) is 6.12. The van der Waals surface area contributed by atoms with Crippen molar-refractivity contribution in [2.45, 2.75) is 104 Å². The van der Waals surface area contributed by atoms with Gasteiger partial charge in [-0.3, -0.25) is 9.59 Å². The van der Waals surface area contributed by atoms with E-state index in [4.69, 9.17) is 14.2 Å². The standard InChI is InChI=1S/C29H42O5/c1-5-32-26(31)8-6-7-20-18-33-29-16-13-23(20)28(29,4)15-12-24-25(29)10-9-21-17-22(34-19(2)30)11-14-27(21,24)3/h6-7,18,21-25H,5,8-17H2,1-4H3/b7-6+/t21-,22+,23?,24+,25-,27+,28-,29+/m1/s1. The number of carbonyl (C=O) groups excluding carboxylic acids is 2. The van der Waals surface area contributed by atoms with Crippen LogP contribution in [0, 0.1) is 34.5 Å². The molecule has 2 bridgehead atoms. The molecule has 0 aromatic rings. The lowest BCUT2D eigenvalue weighted by Crippen LogP contribution is -2.63. The molecule has 0 aromatic carbocycles. The third-order valence-corrected chi connectivity index (χ3v) is 10.8. The van der Waals surface area contributed by atoms with Crippen LogP contribution in [0.2, 0.25) is 0 Å². The van der Waals surface area contributed by atoms with E-state index in [9.17, 15) is 9.59 Å². The van der Waals surface area contributed by atoms with Crippen molar-refractivity contribution in [3.63, 3.8) is 0 Å². The summed E-state index contributed by atoms with van der Waals surface area (Å²) in [7, 11) is 0. The highest BCUT2D eigenvalue weighted by Gasteiger charge is 2.70. The third kappa shape index (κ3) is 3.55. The van der Waals surface area contributed by atoms with Crippen LogP contribution in [0.1, 0.15) is 91.9 Å². The van der Waals surface area contributed by atoms with Gasteiger partial charge in [-0.2, -0.15) is 0 Å². The number of allylic oxidation sites excluding steroid dienone is 2. The fraction of sp³-hybridized carbons (Fsp3) is 0.793. The van der Waals surface area contributed by atoms with Crippen molar-refractivity contribution in [1.29, 1.82) is 0 Å². The summed E-state index contributed by atoms with van der Waals surface area (Å²) >= 11 is 0. The summed E-state index contributed by atoms with van der Waals surface area (Å²) < 4.78 is 17.6. The molecule has 188 valence electrons. The molecule has 5 rings (SSSR count). The predicted molar refractivity (Wildman–Crippen MR) is 130 cm³/mol. The van der Waals surface area contributed by atoms with Gasteiger partial charge < -0.3 is 14.2 Å². The maximum Gasteiger partial charge on any atom is 0.309 e. The summed E-state index contributed by atoms with van der Waals surface area (Å²) in [4.78, 5) is 23.3. The quantitative estimate of drug-likeness (QED) is 0.453. The van der Waals surface area contributed by atoms with Crippen molar-refractivity contribution >= 4 is 11.9 Å². The van der Waals surface area contributed by atoms with E-state index in [1.165, 1.54) is 44.6 Å². The molecule has 1 unspecified atom stereocenters. The number of carbonyl (C=O) groups is 2. The average Bonchev–Trinajstić information content (AvgIpc) is 2.95. The van der Waals surface area contributed by atoms with E-state index in [0.29, 0.717) is 42.1 Å². The lowest BCUT2D eigenvalue weighted by molar-refractivity contribution is -0.218. The van der Waals surface area contributed by atoms with Gasteiger partial charge in [-0.05, 0) is 93.5 Å². The molecule has 4 saturated carbocycles. The molecule has 0 radical (unpaired) electrons. The van der Waals surface area contributed by atoms with E-state index < -0.39 is 0 Å². The second-order valence-corrected chi connectivity index (χ2v) is 12.1. The second kappa shape index (κ2) is 8.71. The smallest absolute Gasteiger partial charge is 0.309 e. The Kier molecular flexibility index (Phi) is 6.13. The molecular formula is C29H42O5.